The predicted molar refractivity (Wildman–Crippen MR) is 180 cm³/mol. The molecule has 0 unspecified atom stereocenters. The Morgan fingerprint density at radius 3 is 2.63 bits per heavy atom. The van der Waals surface area contributed by atoms with Crippen LogP contribution in [0.15, 0.2) is 66.3 Å². The van der Waals surface area contributed by atoms with Gasteiger partial charge in [0.15, 0.2) is 5.82 Å². The van der Waals surface area contributed by atoms with Crippen LogP contribution in [0, 0.1) is 19.7 Å². The van der Waals surface area contributed by atoms with E-state index in [1.54, 1.807) is 5.38 Å². The molecule has 1 amide bonds. The first kappa shape index (κ1) is 29.9. The quantitative estimate of drug-likeness (QED) is 0.211. The van der Waals surface area contributed by atoms with E-state index >= 15 is 4.39 Å². The van der Waals surface area contributed by atoms with Gasteiger partial charge in [-0.1, -0.05) is 18.2 Å². The van der Waals surface area contributed by atoms with Crippen molar-refractivity contribution in [1.82, 2.24) is 34.5 Å². The largest absolute Gasteiger partial charge is 0.339 e. The lowest BCUT2D eigenvalue weighted by Gasteiger charge is -2.32. The normalized spacial score (nSPS) is 14.3. The lowest BCUT2D eigenvalue weighted by atomic mass is 10.1. The van der Waals surface area contributed by atoms with Crippen LogP contribution in [0.1, 0.15) is 33.0 Å². The van der Waals surface area contributed by atoms with Gasteiger partial charge in [0.2, 0.25) is 0 Å². The molecule has 1 aliphatic rings. The lowest BCUT2D eigenvalue weighted by Crippen LogP contribution is -2.44. The number of hydrogen-bond donors (Lipinski definition) is 2. The number of amides is 1. The summed E-state index contributed by atoms with van der Waals surface area (Å²) in [5.41, 5.74) is 6.46. The molecule has 46 heavy (non-hydrogen) atoms. The third-order valence-electron chi connectivity index (χ3n) is 8.36. The van der Waals surface area contributed by atoms with Crippen LogP contribution in [-0.2, 0) is 13.1 Å². The smallest absolute Gasteiger partial charge is 0.258 e. The van der Waals surface area contributed by atoms with E-state index in [0.29, 0.717) is 51.6 Å². The summed E-state index contributed by atoms with van der Waals surface area (Å²) in [5, 5.41) is 13.7. The molecule has 12 heteroatoms. The van der Waals surface area contributed by atoms with Crippen LogP contribution in [-0.4, -0.2) is 73.7 Å². The fourth-order valence-corrected chi connectivity index (χ4v) is 6.86. The van der Waals surface area contributed by atoms with Crippen LogP contribution in [0.3, 0.4) is 0 Å². The summed E-state index contributed by atoms with van der Waals surface area (Å²) in [6.07, 6.45) is 1.42. The second-order valence-corrected chi connectivity index (χ2v) is 12.6. The minimum Gasteiger partial charge on any atom is -0.339 e. The van der Waals surface area contributed by atoms with E-state index in [1.165, 1.54) is 23.7 Å². The SMILES string of the molecule is Cc1cccc(Cn2nc(C)c3c(NC(=O)c4csc5c(Nc6ccc(CN7CCN(C)CC7)c(F)c6)ncnc45)cccc32)n1. The molecule has 0 bridgehead atoms. The Morgan fingerprint density at radius 1 is 1.00 bits per heavy atom. The fourth-order valence-electron chi connectivity index (χ4n) is 5.91. The first-order chi connectivity index (χ1) is 22.3. The minimum absolute atomic E-state index is 0.261. The molecule has 1 aliphatic heterocycles. The van der Waals surface area contributed by atoms with Gasteiger partial charge in [0.1, 0.15) is 12.1 Å². The maximum Gasteiger partial charge on any atom is 0.258 e. The monoisotopic (exact) mass is 635 g/mol. The molecule has 5 heterocycles. The van der Waals surface area contributed by atoms with Crippen molar-refractivity contribution >= 4 is 55.6 Å². The second kappa shape index (κ2) is 12.5. The topological polar surface area (TPSA) is 104 Å². The Labute approximate surface area is 269 Å². The molecule has 7 rings (SSSR count). The Morgan fingerprint density at radius 2 is 1.83 bits per heavy atom. The molecule has 1 fully saturated rings. The summed E-state index contributed by atoms with van der Waals surface area (Å²) < 4.78 is 17.7. The van der Waals surface area contributed by atoms with E-state index in [4.69, 9.17) is 5.10 Å². The maximum absolute atomic E-state index is 15.1. The van der Waals surface area contributed by atoms with Crippen molar-refractivity contribution in [2.45, 2.75) is 26.9 Å². The number of halogens is 1. The molecule has 0 atom stereocenters. The number of fused-ring (bicyclic) bond motifs is 2. The number of carbonyl (C=O) groups excluding carboxylic acids is 1. The zero-order valence-corrected chi connectivity index (χ0v) is 26.7. The standard InChI is InChI=1S/C34H34FN9OS/c1-21-6-4-7-25(38-21)18-44-29-9-5-8-28(30(29)22(2)41-44)40-34(45)26-19-46-32-31(26)36-20-37-33(32)39-24-11-10-23(27(35)16-24)17-43-14-12-42(3)13-15-43/h4-11,16,19-20H,12-15,17-18H2,1-3H3,(H,40,45)(H,36,37,39). The van der Waals surface area contributed by atoms with E-state index < -0.39 is 0 Å². The van der Waals surface area contributed by atoms with E-state index in [2.05, 4.69) is 42.4 Å². The van der Waals surface area contributed by atoms with Crippen molar-refractivity contribution in [3.8, 4) is 0 Å². The molecule has 10 nitrogen and oxygen atoms in total. The number of benzene rings is 2. The number of aromatic nitrogens is 5. The molecule has 2 N–H and O–H groups in total. The molecule has 234 valence electrons. The minimum atomic E-state index is -0.282. The number of pyridine rings is 1. The number of aryl methyl sites for hydroxylation is 2. The molecule has 6 aromatic rings. The molecule has 0 radical (unpaired) electrons. The Balaban J connectivity index is 1.10. The Bertz CT molecular complexity index is 2070. The third-order valence-corrected chi connectivity index (χ3v) is 9.34. The average Bonchev–Trinajstić information content (AvgIpc) is 3.62. The lowest BCUT2D eigenvalue weighted by molar-refractivity contribution is 0.102. The van der Waals surface area contributed by atoms with Gasteiger partial charge in [-0.15, -0.1) is 11.3 Å². The van der Waals surface area contributed by atoms with Crippen LogP contribution >= 0.6 is 11.3 Å². The van der Waals surface area contributed by atoms with Gasteiger partial charge in [-0.3, -0.25) is 19.4 Å². The number of rotatable bonds is 8. The van der Waals surface area contributed by atoms with E-state index in [1.807, 2.05) is 67.1 Å². The molecule has 2 aromatic carbocycles. The van der Waals surface area contributed by atoms with Gasteiger partial charge in [0, 0.05) is 60.4 Å². The second-order valence-electron chi connectivity index (χ2n) is 11.7. The third kappa shape index (κ3) is 6.06. The van der Waals surface area contributed by atoms with Crippen LogP contribution in [0.25, 0.3) is 21.1 Å². The number of carbonyl (C=O) groups is 1. The molecule has 1 saturated heterocycles. The van der Waals surface area contributed by atoms with Gasteiger partial charge < -0.3 is 15.5 Å². The van der Waals surface area contributed by atoms with Crippen LogP contribution in [0.2, 0.25) is 0 Å². The Hall–Kier alpha value is -4.78. The van der Waals surface area contributed by atoms with Crippen molar-refractivity contribution in [3.05, 3.63) is 100 Å². The summed E-state index contributed by atoms with van der Waals surface area (Å²) in [6, 6.07) is 16.9. The zero-order chi connectivity index (χ0) is 31.8. The molecular weight excluding hydrogens is 602 g/mol. The number of anilines is 3. The zero-order valence-electron chi connectivity index (χ0n) is 25.9. The first-order valence-electron chi connectivity index (χ1n) is 15.2. The predicted octanol–water partition coefficient (Wildman–Crippen LogP) is 5.98. The summed E-state index contributed by atoms with van der Waals surface area (Å²) >= 11 is 1.37. The Kier molecular flexibility index (Phi) is 8.16. The first-order valence-corrected chi connectivity index (χ1v) is 16.1. The highest BCUT2D eigenvalue weighted by Gasteiger charge is 2.20. The van der Waals surface area contributed by atoms with Gasteiger partial charge in [0.05, 0.1) is 44.9 Å². The van der Waals surface area contributed by atoms with E-state index in [-0.39, 0.29) is 11.7 Å². The highest BCUT2D eigenvalue weighted by Crippen LogP contribution is 2.33. The highest BCUT2D eigenvalue weighted by molar-refractivity contribution is 7.18. The number of piperazine rings is 1. The number of thiophene rings is 1. The van der Waals surface area contributed by atoms with Crippen molar-refractivity contribution in [1.29, 1.82) is 0 Å². The van der Waals surface area contributed by atoms with Crippen LogP contribution in [0.4, 0.5) is 21.6 Å². The number of hydrogen-bond acceptors (Lipinski definition) is 9. The van der Waals surface area contributed by atoms with E-state index in [0.717, 1.165) is 54.2 Å². The summed E-state index contributed by atoms with van der Waals surface area (Å²) in [6.45, 7) is 8.82. The molecule has 0 saturated carbocycles. The number of nitrogens with zero attached hydrogens (tertiary/aromatic N) is 7. The molecule has 0 aliphatic carbocycles. The average molecular weight is 636 g/mol. The van der Waals surface area contributed by atoms with Crippen molar-refractivity contribution in [3.63, 3.8) is 0 Å². The van der Waals surface area contributed by atoms with Gasteiger partial charge in [-0.2, -0.15) is 5.10 Å². The maximum atomic E-state index is 15.1. The van der Waals surface area contributed by atoms with Gasteiger partial charge in [-0.05, 0) is 57.3 Å². The fraction of sp³-hybridized carbons (Fsp3) is 0.265. The van der Waals surface area contributed by atoms with Crippen LogP contribution in [0.5, 0.6) is 0 Å². The number of likely N-dealkylation sites (N-methyl/N-ethyl adjacent to an activating group) is 1. The van der Waals surface area contributed by atoms with Gasteiger partial charge >= 0.3 is 0 Å². The molecular formula is C34H34FN9OS. The molecule has 4 aromatic heterocycles. The molecule has 0 spiro atoms. The van der Waals surface area contributed by atoms with Gasteiger partial charge in [0.25, 0.3) is 5.91 Å². The van der Waals surface area contributed by atoms with E-state index in [9.17, 15) is 4.79 Å². The van der Waals surface area contributed by atoms with Crippen molar-refractivity contribution in [2.24, 2.45) is 0 Å². The number of nitrogens with one attached hydrogen (secondary N) is 2. The summed E-state index contributed by atoms with van der Waals surface area (Å²) in [5.74, 6) is -0.0251. The van der Waals surface area contributed by atoms with Crippen LogP contribution < -0.4 is 10.6 Å². The summed E-state index contributed by atoms with van der Waals surface area (Å²) in [4.78, 5) is 31.7. The van der Waals surface area contributed by atoms with Crippen molar-refractivity contribution in [2.75, 3.05) is 43.9 Å². The van der Waals surface area contributed by atoms with Gasteiger partial charge in [-0.25, -0.2) is 14.4 Å². The highest BCUT2D eigenvalue weighted by atomic mass is 32.1. The van der Waals surface area contributed by atoms with Crippen molar-refractivity contribution < 1.29 is 9.18 Å². The summed E-state index contributed by atoms with van der Waals surface area (Å²) in [7, 11) is 2.11.